The summed E-state index contributed by atoms with van der Waals surface area (Å²) in [7, 11) is 0. The van der Waals surface area contributed by atoms with Crippen LogP contribution in [0.4, 0.5) is 0 Å². The molecule has 0 aliphatic carbocycles. The molecule has 0 unspecified atom stereocenters. The lowest BCUT2D eigenvalue weighted by Gasteiger charge is -2.14. The van der Waals surface area contributed by atoms with Gasteiger partial charge in [-0.2, -0.15) is 0 Å². The first-order valence-corrected chi connectivity index (χ1v) is 10.8. The Morgan fingerprint density at radius 2 is 2.07 bits per heavy atom. The first-order valence-electron chi connectivity index (χ1n) is 9.97. The fourth-order valence-electron chi connectivity index (χ4n) is 3.66. The number of carbonyl (C=O) groups excluding carboxylic acids is 1. The van der Waals surface area contributed by atoms with Gasteiger partial charge in [0.1, 0.15) is 11.9 Å². The van der Waals surface area contributed by atoms with Gasteiger partial charge in [0.25, 0.3) is 0 Å². The molecule has 30 heavy (non-hydrogen) atoms. The van der Waals surface area contributed by atoms with Crippen molar-refractivity contribution in [3.63, 3.8) is 0 Å². The summed E-state index contributed by atoms with van der Waals surface area (Å²) in [5.41, 5.74) is 4.56. The highest BCUT2D eigenvalue weighted by molar-refractivity contribution is 9.10. The van der Waals surface area contributed by atoms with Crippen LogP contribution in [0.15, 0.2) is 58.3 Å². The van der Waals surface area contributed by atoms with E-state index < -0.39 is 0 Å². The third-order valence-electron chi connectivity index (χ3n) is 4.90. The molecule has 0 saturated carbocycles. The summed E-state index contributed by atoms with van der Waals surface area (Å²) in [6.07, 6.45) is 4.26. The Labute approximate surface area is 184 Å². The number of imidazole rings is 1. The predicted octanol–water partition coefficient (Wildman–Crippen LogP) is 4.96. The lowest BCUT2D eigenvalue weighted by atomic mass is 10.0. The molecule has 3 aromatic rings. The number of benzene rings is 1. The number of nitrogens with zero attached hydrogens (tertiary/aromatic N) is 4. The number of aryl methyl sites for hydroxylation is 1. The highest BCUT2D eigenvalue weighted by Crippen LogP contribution is 2.34. The summed E-state index contributed by atoms with van der Waals surface area (Å²) < 4.78 is 8.41. The zero-order valence-corrected chi connectivity index (χ0v) is 18.8. The summed E-state index contributed by atoms with van der Waals surface area (Å²) in [6, 6.07) is 11.6. The number of carbonyl (C=O) groups is 1. The normalized spacial score (nSPS) is 15.2. The molecule has 1 aliphatic heterocycles. The zero-order chi connectivity index (χ0) is 21.3. The molecule has 0 spiro atoms. The van der Waals surface area contributed by atoms with Gasteiger partial charge >= 0.3 is 5.97 Å². The zero-order valence-electron chi connectivity index (χ0n) is 17.2. The lowest BCUT2D eigenvalue weighted by Crippen LogP contribution is -2.13. The molecular weight excluding hydrogens is 444 g/mol. The fourth-order valence-corrected chi connectivity index (χ4v) is 4.02. The molecule has 0 fully saturated rings. The summed E-state index contributed by atoms with van der Waals surface area (Å²) in [5, 5.41) is 0. The minimum absolute atomic E-state index is 0.134. The van der Waals surface area contributed by atoms with Gasteiger partial charge in [0, 0.05) is 34.5 Å². The molecule has 1 aromatic carbocycles. The Morgan fingerprint density at radius 1 is 1.23 bits per heavy atom. The number of aromatic nitrogens is 3. The summed E-state index contributed by atoms with van der Waals surface area (Å²) >= 11 is 3.59. The van der Waals surface area contributed by atoms with Crippen molar-refractivity contribution in [3.8, 4) is 5.69 Å². The van der Waals surface area contributed by atoms with Crippen LogP contribution in [0.1, 0.15) is 55.5 Å². The largest absolute Gasteiger partial charge is 0.463 e. The number of aliphatic imine (C=N–C) groups is 1. The third kappa shape index (κ3) is 4.07. The first kappa shape index (κ1) is 20.5. The number of halogens is 1. The predicted molar refractivity (Wildman–Crippen MR) is 119 cm³/mol. The maximum absolute atomic E-state index is 12.2. The Balaban J connectivity index is 1.84. The van der Waals surface area contributed by atoms with E-state index in [1.165, 1.54) is 0 Å². The van der Waals surface area contributed by atoms with Gasteiger partial charge in [0.15, 0.2) is 0 Å². The van der Waals surface area contributed by atoms with Crippen molar-refractivity contribution in [2.75, 3.05) is 0 Å². The molecule has 3 heterocycles. The molecular formula is C23H23BrN4O2. The van der Waals surface area contributed by atoms with E-state index in [1.54, 1.807) is 6.20 Å². The van der Waals surface area contributed by atoms with Crippen molar-refractivity contribution in [3.05, 3.63) is 76.0 Å². The van der Waals surface area contributed by atoms with E-state index >= 15 is 0 Å². The van der Waals surface area contributed by atoms with Crippen LogP contribution in [-0.4, -0.2) is 32.3 Å². The first-order chi connectivity index (χ1) is 14.4. The molecule has 1 atom stereocenters. The van der Waals surface area contributed by atoms with Gasteiger partial charge in [0.05, 0.1) is 23.2 Å². The number of pyridine rings is 1. The Morgan fingerprint density at radius 3 is 2.80 bits per heavy atom. The Hall–Kier alpha value is -2.80. The quantitative estimate of drug-likeness (QED) is 0.498. The minimum atomic E-state index is -0.290. The monoisotopic (exact) mass is 466 g/mol. The van der Waals surface area contributed by atoms with Crippen LogP contribution in [0.3, 0.4) is 0 Å². The number of fused-ring (bicyclic) bond motifs is 3. The molecule has 6 nitrogen and oxygen atoms in total. The maximum Gasteiger partial charge on any atom is 0.306 e. The van der Waals surface area contributed by atoms with Gasteiger partial charge in [-0.15, -0.1) is 0 Å². The van der Waals surface area contributed by atoms with E-state index in [2.05, 4.69) is 42.6 Å². The smallest absolute Gasteiger partial charge is 0.306 e. The SMILES string of the molecule is Cc1cnc2n1-c1ccc(Br)cc1C(c1ccccn1)=N[C@H]2CCC(=O)OC(C)C. The van der Waals surface area contributed by atoms with Crippen molar-refractivity contribution in [2.24, 2.45) is 4.99 Å². The van der Waals surface area contributed by atoms with E-state index in [0.717, 1.165) is 38.6 Å². The molecule has 0 bridgehead atoms. The van der Waals surface area contributed by atoms with Crippen LogP contribution < -0.4 is 0 Å². The van der Waals surface area contributed by atoms with Gasteiger partial charge in [-0.25, -0.2) is 4.98 Å². The van der Waals surface area contributed by atoms with E-state index in [0.29, 0.717) is 6.42 Å². The van der Waals surface area contributed by atoms with Gasteiger partial charge in [-0.3, -0.25) is 19.3 Å². The van der Waals surface area contributed by atoms with Gasteiger partial charge in [0.2, 0.25) is 0 Å². The van der Waals surface area contributed by atoms with Crippen molar-refractivity contribution < 1.29 is 9.53 Å². The fraction of sp³-hybridized carbons (Fsp3) is 0.304. The second-order valence-corrected chi connectivity index (χ2v) is 8.46. The molecule has 1 aliphatic rings. The highest BCUT2D eigenvalue weighted by Gasteiger charge is 2.28. The molecule has 0 N–H and O–H groups in total. The maximum atomic E-state index is 12.2. The number of hydrogen-bond acceptors (Lipinski definition) is 5. The van der Waals surface area contributed by atoms with Crippen LogP contribution in [0.25, 0.3) is 5.69 Å². The minimum Gasteiger partial charge on any atom is -0.463 e. The Bertz CT molecular complexity index is 1110. The van der Waals surface area contributed by atoms with Gasteiger partial charge in [-0.05, 0) is 57.5 Å². The van der Waals surface area contributed by atoms with Crippen molar-refractivity contribution in [1.29, 1.82) is 0 Å². The van der Waals surface area contributed by atoms with Crippen molar-refractivity contribution >= 4 is 27.6 Å². The third-order valence-corrected chi connectivity index (χ3v) is 5.39. The van der Waals surface area contributed by atoms with Crippen LogP contribution in [0.5, 0.6) is 0 Å². The van der Waals surface area contributed by atoms with Crippen molar-refractivity contribution in [1.82, 2.24) is 14.5 Å². The van der Waals surface area contributed by atoms with E-state index in [-0.39, 0.29) is 24.5 Å². The van der Waals surface area contributed by atoms with Crippen LogP contribution in [0, 0.1) is 6.92 Å². The molecule has 0 amide bonds. The second kappa shape index (κ2) is 8.52. The molecule has 7 heteroatoms. The molecule has 0 radical (unpaired) electrons. The van der Waals surface area contributed by atoms with Gasteiger partial charge < -0.3 is 4.74 Å². The topological polar surface area (TPSA) is 69.4 Å². The lowest BCUT2D eigenvalue weighted by molar-refractivity contribution is -0.147. The summed E-state index contributed by atoms with van der Waals surface area (Å²) in [6.45, 7) is 5.73. The van der Waals surface area contributed by atoms with Gasteiger partial charge in [-0.1, -0.05) is 22.0 Å². The van der Waals surface area contributed by atoms with E-state index in [9.17, 15) is 4.79 Å². The second-order valence-electron chi connectivity index (χ2n) is 7.54. The average Bonchev–Trinajstić information content (AvgIpc) is 3.03. The molecule has 4 rings (SSSR count). The van der Waals surface area contributed by atoms with E-state index in [4.69, 9.17) is 9.73 Å². The van der Waals surface area contributed by atoms with Crippen LogP contribution in [-0.2, 0) is 9.53 Å². The molecule has 0 saturated heterocycles. The number of hydrogen-bond donors (Lipinski definition) is 0. The standard InChI is InChI=1S/C23H23BrN4O2/c1-14(2)30-21(29)10-8-19-23-26-13-15(3)28(23)20-9-7-16(24)12-17(20)22(27-19)18-6-4-5-11-25-18/h4-7,9,11-14,19H,8,10H2,1-3H3/t19-/m0/s1. The van der Waals surface area contributed by atoms with Crippen molar-refractivity contribution in [2.45, 2.75) is 45.8 Å². The number of rotatable bonds is 5. The summed E-state index contributed by atoms with van der Waals surface area (Å²) in [4.78, 5) is 26.5. The summed E-state index contributed by atoms with van der Waals surface area (Å²) in [5.74, 6) is 0.596. The molecule has 154 valence electrons. The number of ether oxygens (including phenoxy) is 1. The average molecular weight is 467 g/mol. The number of esters is 1. The highest BCUT2D eigenvalue weighted by atomic mass is 79.9. The Kier molecular flexibility index (Phi) is 5.81. The van der Waals surface area contributed by atoms with Crippen LogP contribution in [0.2, 0.25) is 0 Å². The van der Waals surface area contributed by atoms with E-state index in [1.807, 2.05) is 51.2 Å². The molecule has 2 aromatic heterocycles. The van der Waals surface area contributed by atoms with Crippen LogP contribution >= 0.6 is 15.9 Å².